The predicted molar refractivity (Wildman–Crippen MR) is 76.4 cm³/mol. The van der Waals surface area contributed by atoms with Gasteiger partial charge in [0.1, 0.15) is 11.8 Å². The molecule has 4 nitrogen and oxygen atoms in total. The molecule has 1 aliphatic heterocycles. The largest absolute Gasteiger partial charge is 0.374 e. The van der Waals surface area contributed by atoms with Crippen LogP contribution in [0.2, 0.25) is 0 Å². The molecule has 2 N–H and O–H groups in total. The maximum atomic E-state index is 13.9. The van der Waals surface area contributed by atoms with Crippen LogP contribution in [0.4, 0.5) is 4.39 Å². The molecular formula is C16H22FNO3. The van der Waals surface area contributed by atoms with Crippen molar-refractivity contribution in [3.05, 3.63) is 35.9 Å². The highest BCUT2D eigenvalue weighted by Crippen LogP contribution is 2.47. The van der Waals surface area contributed by atoms with E-state index in [1.807, 2.05) is 44.2 Å². The lowest BCUT2D eigenvalue weighted by Gasteiger charge is -2.32. The van der Waals surface area contributed by atoms with E-state index in [1.165, 1.54) is 0 Å². The van der Waals surface area contributed by atoms with Crippen LogP contribution >= 0.6 is 0 Å². The summed E-state index contributed by atoms with van der Waals surface area (Å²) in [6, 6.07) is 9.11. The number of benzene rings is 1. The van der Waals surface area contributed by atoms with Gasteiger partial charge < -0.3 is 19.9 Å². The molecule has 0 radical (unpaired) electrons. The number of alkyl halides is 1. The summed E-state index contributed by atoms with van der Waals surface area (Å²) >= 11 is 0. The third kappa shape index (κ3) is 2.71. The Morgan fingerprint density at radius 2 is 2.05 bits per heavy atom. The molecule has 0 bridgehead atoms. The summed E-state index contributed by atoms with van der Waals surface area (Å²) in [5.41, 5.74) is 6.21. The lowest BCUT2D eigenvalue weighted by Crippen LogP contribution is -2.55. The number of rotatable bonds is 4. The maximum absolute atomic E-state index is 13.9. The first-order chi connectivity index (χ1) is 9.93. The van der Waals surface area contributed by atoms with Gasteiger partial charge in [0.15, 0.2) is 5.79 Å². The number of halogens is 1. The molecule has 3 rings (SSSR count). The molecule has 1 saturated heterocycles. The highest BCUT2D eigenvalue weighted by Gasteiger charge is 2.63. The molecule has 21 heavy (non-hydrogen) atoms. The van der Waals surface area contributed by atoms with Gasteiger partial charge in [0.25, 0.3) is 0 Å². The van der Waals surface area contributed by atoms with Crippen LogP contribution in [-0.4, -0.2) is 36.3 Å². The van der Waals surface area contributed by atoms with Crippen LogP contribution in [0.25, 0.3) is 0 Å². The molecule has 2 fully saturated rings. The third-order valence-electron chi connectivity index (χ3n) is 4.24. The van der Waals surface area contributed by atoms with Crippen molar-refractivity contribution in [3.8, 4) is 0 Å². The van der Waals surface area contributed by atoms with E-state index in [2.05, 4.69) is 0 Å². The molecule has 5 heteroatoms. The summed E-state index contributed by atoms with van der Waals surface area (Å²) in [7, 11) is 0. The molecular weight excluding hydrogens is 273 g/mol. The van der Waals surface area contributed by atoms with Crippen LogP contribution in [0.1, 0.15) is 25.8 Å². The van der Waals surface area contributed by atoms with Crippen molar-refractivity contribution in [2.75, 3.05) is 6.61 Å². The SMILES string of the molecule is CC1(C)O[C@H]2C[C@H](F)[C@H](N)[C@@]2(COCc2ccccc2)O1. The third-order valence-corrected chi connectivity index (χ3v) is 4.24. The quantitative estimate of drug-likeness (QED) is 0.925. The smallest absolute Gasteiger partial charge is 0.164 e. The van der Waals surface area contributed by atoms with Crippen molar-refractivity contribution >= 4 is 0 Å². The Kier molecular flexibility index (Phi) is 3.78. The Morgan fingerprint density at radius 1 is 1.33 bits per heavy atom. The Bertz CT molecular complexity index is 496. The van der Waals surface area contributed by atoms with Gasteiger partial charge in [0.2, 0.25) is 0 Å². The van der Waals surface area contributed by atoms with Crippen molar-refractivity contribution in [1.29, 1.82) is 0 Å². The lowest BCUT2D eigenvalue weighted by atomic mass is 9.97. The van der Waals surface area contributed by atoms with Gasteiger partial charge in [-0.2, -0.15) is 0 Å². The second-order valence-electron chi connectivity index (χ2n) is 6.32. The molecule has 4 atom stereocenters. The minimum absolute atomic E-state index is 0.234. The van der Waals surface area contributed by atoms with Crippen LogP contribution < -0.4 is 5.73 Å². The highest BCUT2D eigenvalue weighted by atomic mass is 19.1. The molecule has 1 saturated carbocycles. The molecule has 1 aliphatic carbocycles. The monoisotopic (exact) mass is 295 g/mol. The molecule has 2 aliphatic rings. The zero-order chi connectivity index (χ0) is 15.1. The summed E-state index contributed by atoms with van der Waals surface area (Å²) < 4.78 is 31.5. The Morgan fingerprint density at radius 3 is 2.76 bits per heavy atom. The molecule has 1 aromatic rings. The first kappa shape index (κ1) is 14.9. The van der Waals surface area contributed by atoms with Gasteiger partial charge in [0, 0.05) is 6.42 Å². The zero-order valence-electron chi connectivity index (χ0n) is 12.4. The topological polar surface area (TPSA) is 53.7 Å². The van der Waals surface area contributed by atoms with E-state index >= 15 is 0 Å². The fourth-order valence-corrected chi connectivity index (χ4v) is 3.30. The Balaban J connectivity index is 1.69. The summed E-state index contributed by atoms with van der Waals surface area (Å²) in [5.74, 6) is -0.751. The van der Waals surface area contributed by atoms with Crippen molar-refractivity contribution in [3.63, 3.8) is 0 Å². The van der Waals surface area contributed by atoms with Crippen LogP contribution in [-0.2, 0) is 20.8 Å². The second kappa shape index (κ2) is 5.32. The molecule has 0 amide bonds. The van der Waals surface area contributed by atoms with E-state index < -0.39 is 23.6 Å². The van der Waals surface area contributed by atoms with Gasteiger partial charge in [-0.1, -0.05) is 30.3 Å². The summed E-state index contributed by atoms with van der Waals surface area (Å²) in [4.78, 5) is 0. The van der Waals surface area contributed by atoms with Gasteiger partial charge in [-0.25, -0.2) is 4.39 Å². The number of nitrogens with two attached hydrogens (primary N) is 1. The first-order valence-electron chi connectivity index (χ1n) is 7.32. The summed E-state index contributed by atoms with van der Waals surface area (Å²) in [5, 5.41) is 0. The average Bonchev–Trinajstić information content (AvgIpc) is 2.81. The minimum atomic E-state index is -1.12. The van der Waals surface area contributed by atoms with Gasteiger partial charge in [0.05, 0.1) is 25.4 Å². The normalized spacial score (nSPS) is 37.6. The van der Waals surface area contributed by atoms with Gasteiger partial charge in [-0.3, -0.25) is 0 Å². The van der Waals surface area contributed by atoms with Crippen LogP contribution in [0.5, 0.6) is 0 Å². The fourth-order valence-electron chi connectivity index (χ4n) is 3.30. The molecule has 0 aromatic heterocycles. The lowest BCUT2D eigenvalue weighted by molar-refractivity contribution is -0.186. The van der Waals surface area contributed by atoms with E-state index in [-0.39, 0.29) is 19.1 Å². The number of hydrogen-bond acceptors (Lipinski definition) is 4. The maximum Gasteiger partial charge on any atom is 0.164 e. The fraction of sp³-hybridized carbons (Fsp3) is 0.625. The molecule has 1 heterocycles. The van der Waals surface area contributed by atoms with E-state index in [4.69, 9.17) is 19.9 Å². The van der Waals surface area contributed by atoms with E-state index in [0.717, 1.165) is 5.56 Å². The molecule has 116 valence electrons. The second-order valence-corrected chi connectivity index (χ2v) is 6.32. The zero-order valence-corrected chi connectivity index (χ0v) is 12.4. The Labute approximate surface area is 124 Å². The molecule has 0 unspecified atom stereocenters. The van der Waals surface area contributed by atoms with E-state index in [0.29, 0.717) is 6.61 Å². The van der Waals surface area contributed by atoms with Crippen molar-refractivity contribution in [2.45, 2.75) is 56.6 Å². The minimum Gasteiger partial charge on any atom is -0.374 e. The first-order valence-corrected chi connectivity index (χ1v) is 7.32. The van der Waals surface area contributed by atoms with Gasteiger partial charge in [-0.05, 0) is 19.4 Å². The number of fused-ring (bicyclic) bond motifs is 1. The van der Waals surface area contributed by atoms with E-state index in [1.54, 1.807) is 0 Å². The Hall–Kier alpha value is -1.01. The number of ether oxygens (including phenoxy) is 3. The van der Waals surface area contributed by atoms with Crippen molar-refractivity contribution in [2.24, 2.45) is 5.73 Å². The van der Waals surface area contributed by atoms with Crippen molar-refractivity contribution < 1.29 is 18.6 Å². The van der Waals surface area contributed by atoms with Gasteiger partial charge in [-0.15, -0.1) is 0 Å². The average molecular weight is 295 g/mol. The predicted octanol–water partition coefficient (Wildman–Crippen LogP) is 2.16. The van der Waals surface area contributed by atoms with E-state index in [9.17, 15) is 4.39 Å². The standard InChI is InChI=1S/C16H22FNO3/c1-15(2)20-13-8-12(17)14(18)16(13,21-15)10-19-9-11-6-4-3-5-7-11/h3-7,12-14H,8-10,18H2,1-2H3/t12-,13-,14-,16-/m0/s1. The van der Waals surface area contributed by atoms with Gasteiger partial charge >= 0.3 is 0 Å². The molecule has 0 spiro atoms. The summed E-state index contributed by atoms with van der Waals surface area (Å²) in [6.07, 6.45) is -1.21. The van der Waals surface area contributed by atoms with Crippen LogP contribution in [0, 0.1) is 0 Å². The molecule has 1 aromatic carbocycles. The van der Waals surface area contributed by atoms with Crippen molar-refractivity contribution in [1.82, 2.24) is 0 Å². The number of hydrogen-bond donors (Lipinski definition) is 1. The van der Waals surface area contributed by atoms with Crippen LogP contribution in [0.3, 0.4) is 0 Å². The summed E-state index contributed by atoms with van der Waals surface area (Å²) in [6.45, 7) is 4.33. The van der Waals surface area contributed by atoms with Crippen LogP contribution in [0.15, 0.2) is 30.3 Å². The highest BCUT2D eigenvalue weighted by molar-refractivity contribution is 5.15.